The van der Waals surface area contributed by atoms with Gasteiger partial charge in [0.25, 0.3) is 0 Å². The lowest BCUT2D eigenvalue weighted by molar-refractivity contribution is 0.305. The summed E-state index contributed by atoms with van der Waals surface area (Å²) in [5, 5.41) is 7.68. The van der Waals surface area contributed by atoms with E-state index in [1.807, 2.05) is 0 Å². The number of aliphatic hydroxyl groups is 1. The highest BCUT2D eigenvalue weighted by Gasteiger charge is 2.18. The van der Waals surface area contributed by atoms with E-state index >= 15 is 0 Å². The van der Waals surface area contributed by atoms with Crippen LogP contribution < -0.4 is 4.72 Å². The van der Waals surface area contributed by atoms with Crippen LogP contribution in [0.2, 0.25) is 0 Å². The Kier molecular flexibility index (Phi) is 5.78. The van der Waals surface area contributed by atoms with Crippen LogP contribution in [0.5, 0.6) is 0 Å². The Labute approximate surface area is 125 Å². The second-order valence-electron chi connectivity index (χ2n) is 4.57. The normalized spacial score (nSPS) is 11.6. The van der Waals surface area contributed by atoms with Crippen LogP contribution in [0.1, 0.15) is 17.5 Å². The van der Waals surface area contributed by atoms with Gasteiger partial charge in [0.1, 0.15) is 0 Å². The minimum Gasteiger partial charge on any atom is -0.395 e. The van der Waals surface area contributed by atoms with Gasteiger partial charge in [-0.2, -0.15) is 0 Å². The summed E-state index contributed by atoms with van der Waals surface area (Å²) in [7, 11) is -7.63. The fourth-order valence-corrected chi connectivity index (χ4v) is 4.55. The molecule has 0 aromatic heterocycles. The molecule has 2 N–H and O–H groups in total. The largest absolute Gasteiger partial charge is 0.395 e. The molecule has 0 amide bonds. The Bertz CT molecular complexity index is 771. The van der Waals surface area contributed by atoms with Gasteiger partial charge in [-0.25, -0.2) is 16.8 Å². The van der Waals surface area contributed by atoms with Gasteiger partial charge in [-0.05, 0) is 24.6 Å². The SMILES string of the molecule is Cc1ccc(C#CCCO)cc1NS(=O)(=O)CS(C)(=O)=O. The number of anilines is 1. The molecule has 0 heterocycles. The van der Waals surface area contributed by atoms with E-state index in [1.165, 1.54) is 6.07 Å². The van der Waals surface area contributed by atoms with Crippen molar-refractivity contribution in [3.63, 3.8) is 0 Å². The lowest BCUT2D eigenvalue weighted by atomic mass is 10.1. The van der Waals surface area contributed by atoms with Gasteiger partial charge in [0, 0.05) is 18.2 Å². The molecule has 0 aliphatic carbocycles. The molecule has 0 bridgehead atoms. The van der Waals surface area contributed by atoms with Crippen molar-refractivity contribution in [2.75, 3.05) is 22.7 Å². The van der Waals surface area contributed by atoms with E-state index in [1.54, 1.807) is 19.1 Å². The Balaban J connectivity index is 3.04. The van der Waals surface area contributed by atoms with E-state index in [4.69, 9.17) is 5.11 Å². The van der Waals surface area contributed by atoms with Crippen LogP contribution in [0, 0.1) is 18.8 Å². The summed E-state index contributed by atoms with van der Waals surface area (Å²) in [6.07, 6.45) is 1.18. The Morgan fingerprint density at radius 2 is 1.90 bits per heavy atom. The second kappa shape index (κ2) is 6.93. The van der Waals surface area contributed by atoms with Gasteiger partial charge in [-0.15, -0.1) is 0 Å². The molecule has 1 aromatic rings. The van der Waals surface area contributed by atoms with Gasteiger partial charge in [0.05, 0.1) is 12.3 Å². The van der Waals surface area contributed by atoms with Crippen LogP contribution in [0.4, 0.5) is 5.69 Å². The highest BCUT2D eigenvalue weighted by Crippen LogP contribution is 2.18. The van der Waals surface area contributed by atoms with E-state index in [-0.39, 0.29) is 12.3 Å². The summed E-state index contributed by atoms with van der Waals surface area (Å²) in [5.74, 6) is 5.51. The summed E-state index contributed by atoms with van der Waals surface area (Å²) < 4.78 is 48.0. The first-order valence-corrected chi connectivity index (χ1v) is 9.73. The molecule has 0 spiro atoms. The number of benzene rings is 1. The van der Waals surface area contributed by atoms with E-state index in [0.29, 0.717) is 17.5 Å². The maximum atomic E-state index is 11.8. The van der Waals surface area contributed by atoms with E-state index in [9.17, 15) is 16.8 Å². The predicted octanol–water partition coefficient (Wildman–Crippen LogP) is 0.473. The maximum absolute atomic E-state index is 11.8. The van der Waals surface area contributed by atoms with Gasteiger partial charge >= 0.3 is 0 Å². The topological polar surface area (TPSA) is 101 Å². The summed E-state index contributed by atoms with van der Waals surface area (Å²) in [5.41, 5.74) is 1.51. The van der Waals surface area contributed by atoms with E-state index in [0.717, 1.165) is 6.26 Å². The average Bonchev–Trinajstić information content (AvgIpc) is 2.30. The van der Waals surface area contributed by atoms with Crippen molar-refractivity contribution in [2.45, 2.75) is 13.3 Å². The first kappa shape index (κ1) is 17.5. The average molecular weight is 331 g/mol. The second-order valence-corrected chi connectivity index (χ2v) is 8.79. The molecule has 0 aliphatic heterocycles. The molecule has 8 heteroatoms. The Hall–Kier alpha value is -1.56. The van der Waals surface area contributed by atoms with Crippen LogP contribution in [0.15, 0.2) is 18.2 Å². The third kappa shape index (κ3) is 6.62. The minimum absolute atomic E-state index is 0.0489. The zero-order chi connectivity index (χ0) is 16.1. The zero-order valence-electron chi connectivity index (χ0n) is 11.8. The number of rotatable bonds is 5. The molecule has 0 saturated carbocycles. The summed E-state index contributed by atoms with van der Waals surface area (Å²) in [6, 6.07) is 4.93. The number of sulfonamides is 1. The molecule has 116 valence electrons. The number of sulfone groups is 1. The summed E-state index contributed by atoms with van der Waals surface area (Å²) >= 11 is 0. The molecule has 21 heavy (non-hydrogen) atoms. The molecule has 0 fully saturated rings. The minimum atomic E-state index is -3.98. The number of aryl methyl sites for hydroxylation is 1. The monoisotopic (exact) mass is 331 g/mol. The van der Waals surface area contributed by atoms with E-state index in [2.05, 4.69) is 16.6 Å². The number of nitrogens with one attached hydrogen (secondary N) is 1. The highest BCUT2D eigenvalue weighted by atomic mass is 32.3. The first-order valence-electron chi connectivity index (χ1n) is 6.01. The van der Waals surface area contributed by atoms with Crippen molar-refractivity contribution in [3.8, 4) is 11.8 Å². The molecule has 0 radical (unpaired) electrons. The number of aliphatic hydroxyl groups excluding tert-OH is 1. The third-order valence-electron chi connectivity index (χ3n) is 2.34. The molecular weight excluding hydrogens is 314 g/mol. The molecule has 0 saturated heterocycles. The molecular formula is C13H17NO5S2. The van der Waals surface area contributed by atoms with Crippen molar-refractivity contribution in [3.05, 3.63) is 29.3 Å². The Morgan fingerprint density at radius 1 is 1.24 bits per heavy atom. The van der Waals surface area contributed by atoms with Crippen LogP contribution in [0.25, 0.3) is 0 Å². The molecule has 0 unspecified atom stereocenters. The zero-order valence-corrected chi connectivity index (χ0v) is 13.4. The van der Waals surface area contributed by atoms with Gasteiger partial charge in [0.15, 0.2) is 14.9 Å². The quantitative estimate of drug-likeness (QED) is 0.764. The fourth-order valence-electron chi connectivity index (χ4n) is 1.51. The first-order chi connectivity index (χ1) is 9.63. The lowest BCUT2D eigenvalue weighted by Crippen LogP contribution is -2.22. The predicted molar refractivity (Wildman–Crippen MR) is 82.0 cm³/mol. The van der Waals surface area contributed by atoms with Crippen molar-refractivity contribution in [1.29, 1.82) is 0 Å². The van der Waals surface area contributed by atoms with Crippen LogP contribution in [-0.2, 0) is 19.9 Å². The Morgan fingerprint density at radius 3 is 2.48 bits per heavy atom. The fraction of sp³-hybridized carbons (Fsp3) is 0.385. The molecule has 6 nitrogen and oxygen atoms in total. The number of hydrogen-bond acceptors (Lipinski definition) is 5. The van der Waals surface area contributed by atoms with Gasteiger partial charge in [0.2, 0.25) is 10.0 Å². The van der Waals surface area contributed by atoms with Crippen LogP contribution >= 0.6 is 0 Å². The van der Waals surface area contributed by atoms with E-state index < -0.39 is 24.9 Å². The summed E-state index contributed by atoms with van der Waals surface area (Å²) in [4.78, 5) is 0. The van der Waals surface area contributed by atoms with Crippen molar-refractivity contribution < 1.29 is 21.9 Å². The molecule has 1 aromatic carbocycles. The smallest absolute Gasteiger partial charge is 0.247 e. The standard InChI is InChI=1S/C13H17NO5S2/c1-11-6-7-12(5-3-4-8-15)9-13(11)14-21(18,19)10-20(2,16)17/h6-7,9,14-15H,4,8,10H2,1-2H3. The third-order valence-corrected chi connectivity index (χ3v) is 5.83. The molecule has 0 aliphatic rings. The molecule has 0 atom stereocenters. The van der Waals surface area contributed by atoms with Crippen LogP contribution in [-0.4, -0.2) is 39.9 Å². The van der Waals surface area contributed by atoms with Gasteiger partial charge in [-0.1, -0.05) is 17.9 Å². The maximum Gasteiger partial charge on any atom is 0.247 e. The summed E-state index contributed by atoms with van der Waals surface area (Å²) in [6.45, 7) is 1.65. The number of hydrogen-bond donors (Lipinski definition) is 2. The lowest BCUT2D eigenvalue weighted by Gasteiger charge is -2.10. The van der Waals surface area contributed by atoms with Crippen molar-refractivity contribution in [1.82, 2.24) is 0 Å². The van der Waals surface area contributed by atoms with Gasteiger partial charge < -0.3 is 5.11 Å². The highest BCUT2D eigenvalue weighted by molar-refractivity contribution is 8.08. The van der Waals surface area contributed by atoms with Crippen LogP contribution in [0.3, 0.4) is 0 Å². The molecule has 1 rings (SSSR count). The van der Waals surface area contributed by atoms with Gasteiger partial charge in [-0.3, -0.25) is 4.72 Å². The van der Waals surface area contributed by atoms with Crippen molar-refractivity contribution >= 4 is 25.5 Å². The van der Waals surface area contributed by atoms with Crippen molar-refractivity contribution in [2.24, 2.45) is 0 Å².